The Bertz CT molecular complexity index is 582. The smallest absolute Gasteiger partial charge is 0.205 e. The SMILES string of the molecule is CC(C)Cc1nsc(N2CCN(c3cnn(C)c3)CC2)n1. The molecule has 114 valence electrons. The summed E-state index contributed by atoms with van der Waals surface area (Å²) in [6, 6.07) is 0. The maximum atomic E-state index is 4.67. The van der Waals surface area contributed by atoms with Crippen molar-refractivity contribution >= 4 is 22.4 Å². The standard InChI is InChI=1S/C14H22N6S/c1-11(2)8-13-16-14(21-17-13)20-6-4-19(5-7-20)12-9-15-18(3)10-12/h9-11H,4-8H2,1-3H3. The van der Waals surface area contributed by atoms with Gasteiger partial charge in [0.1, 0.15) is 5.82 Å². The minimum atomic E-state index is 0.606. The van der Waals surface area contributed by atoms with Crippen LogP contribution in [-0.2, 0) is 13.5 Å². The Hall–Kier alpha value is -1.63. The highest BCUT2D eigenvalue weighted by Gasteiger charge is 2.21. The molecule has 6 nitrogen and oxygen atoms in total. The van der Waals surface area contributed by atoms with Crippen LogP contribution in [0.25, 0.3) is 0 Å². The molecule has 1 aliphatic rings. The van der Waals surface area contributed by atoms with E-state index in [0.29, 0.717) is 5.92 Å². The highest BCUT2D eigenvalue weighted by atomic mass is 32.1. The summed E-state index contributed by atoms with van der Waals surface area (Å²) in [7, 11) is 1.96. The van der Waals surface area contributed by atoms with Gasteiger partial charge >= 0.3 is 0 Å². The van der Waals surface area contributed by atoms with E-state index in [-0.39, 0.29) is 0 Å². The number of rotatable bonds is 4. The van der Waals surface area contributed by atoms with Crippen LogP contribution in [0, 0.1) is 5.92 Å². The molecule has 0 bridgehead atoms. The van der Waals surface area contributed by atoms with Gasteiger partial charge in [-0.25, -0.2) is 4.98 Å². The predicted octanol–water partition coefficient (Wildman–Crippen LogP) is 1.80. The largest absolute Gasteiger partial charge is 0.365 e. The number of aryl methyl sites for hydroxylation is 1. The van der Waals surface area contributed by atoms with Crippen molar-refractivity contribution in [1.29, 1.82) is 0 Å². The molecule has 1 saturated heterocycles. The second-order valence-electron chi connectivity index (χ2n) is 5.94. The molecule has 0 atom stereocenters. The monoisotopic (exact) mass is 306 g/mol. The molecule has 2 aromatic heterocycles. The molecule has 0 aromatic carbocycles. The topological polar surface area (TPSA) is 50.1 Å². The molecule has 0 N–H and O–H groups in total. The summed E-state index contributed by atoms with van der Waals surface area (Å²) in [5, 5.41) is 5.31. The van der Waals surface area contributed by atoms with Gasteiger partial charge in [-0.2, -0.15) is 9.47 Å². The van der Waals surface area contributed by atoms with Crippen LogP contribution in [0.2, 0.25) is 0 Å². The van der Waals surface area contributed by atoms with E-state index in [0.717, 1.165) is 43.6 Å². The van der Waals surface area contributed by atoms with Gasteiger partial charge in [0.25, 0.3) is 0 Å². The summed E-state index contributed by atoms with van der Waals surface area (Å²) in [4.78, 5) is 9.39. The van der Waals surface area contributed by atoms with Crippen LogP contribution >= 0.6 is 11.5 Å². The lowest BCUT2D eigenvalue weighted by atomic mass is 10.1. The lowest BCUT2D eigenvalue weighted by molar-refractivity contribution is 0.622. The first-order valence-corrected chi connectivity index (χ1v) is 8.20. The lowest BCUT2D eigenvalue weighted by Gasteiger charge is -2.34. The summed E-state index contributed by atoms with van der Waals surface area (Å²) >= 11 is 1.53. The van der Waals surface area contributed by atoms with Gasteiger partial charge in [0, 0.05) is 57.4 Å². The quantitative estimate of drug-likeness (QED) is 0.862. The summed E-state index contributed by atoms with van der Waals surface area (Å²) in [5.41, 5.74) is 1.20. The van der Waals surface area contributed by atoms with Crippen LogP contribution in [0.5, 0.6) is 0 Å². The number of anilines is 2. The zero-order valence-corrected chi connectivity index (χ0v) is 13.7. The molecule has 0 saturated carbocycles. The van der Waals surface area contributed by atoms with Crippen molar-refractivity contribution < 1.29 is 0 Å². The van der Waals surface area contributed by atoms with Crippen LogP contribution in [0.3, 0.4) is 0 Å². The van der Waals surface area contributed by atoms with Crippen LogP contribution in [-0.4, -0.2) is 45.3 Å². The molecule has 1 fully saturated rings. The second-order valence-corrected chi connectivity index (χ2v) is 6.67. The van der Waals surface area contributed by atoms with Crippen LogP contribution in [0.15, 0.2) is 12.4 Å². The van der Waals surface area contributed by atoms with E-state index in [9.17, 15) is 0 Å². The third kappa shape index (κ3) is 3.34. The molecule has 7 heteroatoms. The second kappa shape index (κ2) is 6.01. The van der Waals surface area contributed by atoms with E-state index in [1.807, 2.05) is 17.9 Å². The molecule has 3 rings (SSSR count). The van der Waals surface area contributed by atoms with Crippen LogP contribution in [0.4, 0.5) is 10.8 Å². The maximum Gasteiger partial charge on any atom is 0.205 e. The van der Waals surface area contributed by atoms with Crippen molar-refractivity contribution in [3.8, 4) is 0 Å². The van der Waals surface area contributed by atoms with Crippen LogP contribution in [0.1, 0.15) is 19.7 Å². The van der Waals surface area contributed by atoms with E-state index in [1.165, 1.54) is 17.2 Å². The summed E-state index contributed by atoms with van der Waals surface area (Å²) in [5.74, 6) is 1.59. The fraction of sp³-hybridized carbons (Fsp3) is 0.643. The molecule has 21 heavy (non-hydrogen) atoms. The van der Waals surface area contributed by atoms with Crippen molar-refractivity contribution in [1.82, 2.24) is 19.1 Å². The molecule has 1 aliphatic heterocycles. The number of piperazine rings is 1. The molecule has 0 aliphatic carbocycles. The van der Waals surface area contributed by atoms with Gasteiger partial charge in [-0.05, 0) is 5.92 Å². The van der Waals surface area contributed by atoms with Crippen molar-refractivity contribution in [2.75, 3.05) is 36.0 Å². The summed E-state index contributed by atoms with van der Waals surface area (Å²) in [6.07, 6.45) is 4.97. The Morgan fingerprint density at radius 3 is 2.52 bits per heavy atom. The maximum absolute atomic E-state index is 4.67. The fourth-order valence-electron chi connectivity index (χ4n) is 2.55. The first-order valence-electron chi connectivity index (χ1n) is 7.43. The number of hydrogen-bond donors (Lipinski definition) is 0. The van der Waals surface area contributed by atoms with Gasteiger partial charge in [-0.3, -0.25) is 4.68 Å². The lowest BCUT2D eigenvalue weighted by Crippen LogP contribution is -2.46. The fourth-order valence-corrected chi connectivity index (χ4v) is 3.30. The third-order valence-corrected chi connectivity index (χ3v) is 4.47. The first-order chi connectivity index (χ1) is 10.1. The van der Waals surface area contributed by atoms with E-state index in [4.69, 9.17) is 0 Å². The molecule has 0 spiro atoms. The van der Waals surface area contributed by atoms with Crippen molar-refractivity contribution in [3.63, 3.8) is 0 Å². The van der Waals surface area contributed by atoms with Crippen molar-refractivity contribution in [3.05, 3.63) is 18.2 Å². The first kappa shape index (κ1) is 14.3. The number of aromatic nitrogens is 4. The van der Waals surface area contributed by atoms with E-state index >= 15 is 0 Å². The molecule has 2 aromatic rings. The predicted molar refractivity (Wildman–Crippen MR) is 86.1 cm³/mol. The number of nitrogens with zero attached hydrogens (tertiary/aromatic N) is 6. The molecule has 0 radical (unpaired) electrons. The van der Waals surface area contributed by atoms with Gasteiger partial charge in [-0.15, -0.1) is 0 Å². The van der Waals surface area contributed by atoms with Gasteiger partial charge in [0.15, 0.2) is 0 Å². The minimum absolute atomic E-state index is 0.606. The highest BCUT2D eigenvalue weighted by Crippen LogP contribution is 2.22. The zero-order valence-electron chi connectivity index (χ0n) is 12.9. The van der Waals surface area contributed by atoms with Gasteiger partial charge in [0.05, 0.1) is 11.9 Å². The molecular formula is C14H22N6S. The minimum Gasteiger partial charge on any atom is -0.365 e. The third-order valence-electron chi connectivity index (χ3n) is 3.65. The van der Waals surface area contributed by atoms with Gasteiger partial charge < -0.3 is 9.80 Å². The van der Waals surface area contributed by atoms with E-state index in [1.54, 1.807) is 0 Å². The molecule has 0 unspecified atom stereocenters. The summed E-state index contributed by atoms with van der Waals surface area (Å²) < 4.78 is 6.33. The summed E-state index contributed by atoms with van der Waals surface area (Å²) in [6.45, 7) is 8.40. The Balaban J connectivity index is 1.59. The van der Waals surface area contributed by atoms with Crippen molar-refractivity contribution in [2.24, 2.45) is 13.0 Å². The average Bonchev–Trinajstić information content (AvgIpc) is 3.08. The highest BCUT2D eigenvalue weighted by molar-refractivity contribution is 7.09. The Kier molecular flexibility index (Phi) is 4.10. The van der Waals surface area contributed by atoms with Gasteiger partial charge in [0.2, 0.25) is 5.13 Å². The molecule has 0 amide bonds. The van der Waals surface area contributed by atoms with Crippen LogP contribution < -0.4 is 9.80 Å². The number of hydrogen-bond acceptors (Lipinski definition) is 6. The Morgan fingerprint density at radius 2 is 1.90 bits per heavy atom. The zero-order chi connectivity index (χ0) is 14.8. The normalized spacial score (nSPS) is 16.0. The molecular weight excluding hydrogens is 284 g/mol. The van der Waals surface area contributed by atoms with Gasteiger partial charge in [-0.1, -0.05) is 13.8 Å². The van der Waals surface area contributed by atoms with Crippen molar-refractivity contribution in [2.45, 2.75) is 20.3 Å². The molecule has 3 heterocycles. The van der Waals surface area contributed by atoms with E-state index in [2.05, 4.69) is 44.3 Å². The Labute approximate surface area is 129 Å². The average molecular weight is 306 g/mol. The van der Waals surface area contributed by atoms with E-state index < -0.39 is 0 Å². The Morgan fingerprint density at radius 1 is 1.19 bits per heavy atom.